The number of hydrogen-bond acceptors (Lipinski definition) is 5. The van der Waals surface area contributed by atoms with Gasteiger partial charge in [-0.3, -0.25) is 14.4 Å². The lowest BCUT2D eigenvalue weighted by atomic mass is 9.68. The van der Waals surface area contributed by atoms with Crippen LogP contribution in [0.2, 0.25) is 0 Å². The highest BCUT2D eigenvalue weighted by molar-refractivity contribution is 6.03. The number of carbonyl (C=O) groups excluding carboxylic acids is 3. The molecule has 0 amide bonds. The molecule has 0 heterocycles. The van der Waals surface area contributed by atoms with E-state index in [-0.39, 0.29) is 31.3 Å². The van der Waals surface area contributed by atoms with Crippen molar-refractivity contribution in [2.75, 3.05) is 13.2 Å². The van der Waals surface area contributed by atoms with Crippen molar-refractivity contribution in [3.05, 3.63) is 11.1 Å². The summed E-state index contributed by atoms with van der Waals surface area (Å²) in [5.74, 6) is -0.754. The van der Waals surface area contributed by atoms with Crippen LogP contribution >= 0.6 is 0 Å². The van der Waals surface area contributed by atoms with Gasteiger partial charge in [0.2, 0.25) is 0 Å². The summed E-state index contributed by atoms with van der Waals surface area (Å²) in [6.07, 6.45) is 1.80. The Morgan fingerprint density at radius 1 is 1.19 bits per heavy atom. The molecule has 0 radical (unpaired) electrons. The standard InChI is InChI=1S/C16H22O5/c1-4-20-14(18)16(15(19)21-5-2)7-6-11-8-13(17)10(3)12(11)9-16/h11H,4-9H2,1-3H3. The number of esters is 2. The van der Waals surface area contributed by atoms with Crippen molar-refractivity contribution >= 4 is 17.7 Å². The maximum Gasteiger partial charge on any atom is 0.323 e. The molecule has 5 heteroatoms. The maximum absolute atomic E-state index is 12.4. The fourth-order valence-electron chi connectivity index (χ4n) is 3.34. The lowest BCUT2D eigenvalue weighted by Crippen LogP contribution is -2.45. The van der Waals surface area contributed by atoms with E-state index in [4.69, 9.17) is 9.47 Å². The third-order valence-electron chi connectivity index (χ3n) is 4.57. The SMILES string of the molecule is CCOC(=O)C1(C(=O)OCC)CCC2CC(=O)C(C)=C2C1. The Morgan fingerprint density at radius 2 is 1.76 bits per heavy atom. The van der Waals surface area contributed by atoms with Gasteiger partial charge in [0, 0.05) is 6.42 Å². The van der Waals surface area contributed by atoms with E-state index in [9.17, 15) is 14.4 Å². The number of hydrogen-bond donors (Lipinski definition) is 0. The van der Waals surface area contributed by atoms with Crippen LogP contribution in [-0.2, 0) is 23.9 Å². The van der Waals surface area contributed by atoms with Gasteiger partial charge in [-0.25, -0.2) is 0 Å². The lowest BCUT2D eigenvalue weighted by molar-refractivity contribution is -0.174. The van der Waals surface area contributed by atoms with E-state index >= 15 is 0 Å². The molecule has 0 aromatic heterocycles. The number of fused-ring (bicyclic) bond motifs is 1. The van der Waals surface area contributed by atoms with Crippen molar-refractivity contribution in [3.8, 4) is 0 Å². The van der Waals surface area contributed by atoms with Gasteiger partial charge in [0.25, 0.3) is 0 Å². The van der Waals surface area contributed by atoms with E-state index in [1.807, 2.05) is 0 Å². The number of ketones is 1. The summed E-state index contributed by atoms with van der Waals surface area (Å²) in [5.41, 5.74) is 0.369. The molecule has 0 aliphatic heterocycles. The average molecular weight is 294 g/mol. The van der Waals surface area contributed by atoms with Gasteiger partial charge in [0.05, 0.1) is 13.2 Å². The first kappa shape index (κ1) is 15.7. The van der Waals surface area contributed by atoms with Crippen molar-refractivity contribution in [2.24, 2.45) is 11.3 Å². The van der Waals surface area contributed by atoms with E-state index < -0.39 is 17.4 Å². The fraction of sp³-hybridized carbons (Fsp3) is 0.688. The summed E-state index contributed by atoms with van der Waals surface area (Å²) in [5, 5.41) is 0. The molecular formula is C16H22O5. The second kappa shape index (κ2) is 6.00. The molecule has 1 fully saturated rings. The van der Waals surface area contributed by atoms with E-state index in [2.05, 4.69) is 0 Å². The van der Waals surface area contributed by atoms with Gasteiger partial charge >= 0.3 is 11.9 Å². The van der Waals surface area contributed by atoms with Gasteiger partial charge in [-0.1, -0.05) is 5.57 Å². The lowest BCUT2D eigenvalue weighted by Gasteiger charge is -2.36. The minimum absolute atomic E-state index is 0.124. The summed E-state index contributed by atoms with van der Waals surface area (Å²) < 4.78 is 10.2. The van der Waals surface area contributed by atoms with Gasteiger partial charge in [-0.05, 0) is 51.5 Å². The normalized spacial score (nSPS) is 23.8. The van der Waals surface area contributed by atoms with Crippen LogP contribution in [0, 0.1) is 11.3 Å². The topological polar surface area (TPSA) is 69.7 Å². The van der Waals surface area contributed by atoms with Crippen LogP contribution in [0.15, 0.2) is 11.1 Å². The highest BCUT2D eigenvalue weighted by Crippen LogP contribution is 2.49. The number of allylic oxidation sites excluding steroid dienone is 2. The molecule has 2 rings (SSSR count). The smallest absolute Gasteiger partial charge is 0.323 e. The first-order valence-corrected chi connectivity index (χ1v) is 7.53. The molecule has 0 bridgehead atoms. The predicted molar refractivity (Wildman–Crippen MR) is 75.4 cm³/mol. The largest absolute Gasteiger partial charge is 0.465 e. The van der Waals surface area contributed by atoms with Gasteiger partial charge in [-0.15, -0.1) is 0 Å². The van der Waals surface area contributed by atoms with Crippen molar-refractivity contribution in [1.29, 1.82) is 0 Å². The number of ether oxygens (including phenoxy) is 2. The van der Waals surface area contributed by atoms with Gasteiger partial charge in [0.15, 0.2) is 11.2 Å². The molecule has 1 saturated carbocycles. The molecular weight excluding hydrogens is 272 g/mol. The average Bonchev–Trinajstić information content (AvgIpc) is 2.74. The number of Topliss-reactive ketones (excluding diaryl/α,β-unsaturated/α-hetero) is 1. The Morgan fingerprint density at radius 3 is 2.29 bits per heavy atom. The molecule has 5 nitrogen and oxygen atoms in total. The van der Waals surface area contributed by atoms with Gasteiger partial charge in [-0.2, -0.15) is 0 Å². The zero-order chi connectivity index (χ0) is 15.6. The van der Waals surface area contributed by atoms with Crippen LogP contribution in [0.4, 0.5) is 0 Å². The number of carbonyl (C=O) groups is 3. The van der Waals surface area contributed by atoms with Crippen LogP contribution in [0.1, 0.15) is 46.5 Å². The minimum Gasteiger partial charge on any atom is -0.465 e. The van der Waals surface area contributed by atoms with Crippen molar-refractivity contribution in [3.63, 3.8) is 0 Å². The van der Waals surface area contributed by atoms with Crippen LogP contribution < -0.4 is 0 Å². The molecule has 2 aliphatic rings. The zero-order valence-electron chi connectivity index (χ0n) is 12.9. The minimum atomic E-state index is -1.27. The van der Waals surface area contributed by atoms with E-state index in [1.165, 1.54) is 0 Å². The molecule has 0 aromatic rings. The molecule has 2 aliphatic carbocycles. The second-order valence-electron chi connectivity index (χ2n) is 5.71. The highest BCUT2D eigenvalue weighted by atomic mass is 16.6. The van der Waals surface area contributed by atoms with Gasteiger partial charge < -0.3 is 9.47 Å². The first-order valence-electron chi connectivity index (χ1n) is 7.53. The fourth-order valence-corrected chi connectivity index (χ4v) is 3.34. The Kier molecular flexibility index (Phi) is 4.49. The molecule has 0 spiro atoms. The van der Waals surface area contributed by atoms with Gasteiger partial charge in [0.1, 0.15) is 0 Å². The maximum atomic E-state index is 12.4. The third-order valence-corrected chi connectivity index (χ3v) is 4.57. The van der Waals surface area contributed by atoms with Crippen LogP contribution in [0.5, 0.6) is 0 Å². The summed E-state index contributed by atoms with van der Waals surface area (Å²) in [7, 11) is 0. The molecule has 0 aromatic carbocycles. The van der Waals surface area contributed by atoms with Crippen LogP contribution in [0.25, 0.3) is 0 Å². The molecule has 0 saturated heterocycles. The summed E-state index contributed by atoms with van der Waals surface area (Å²) in [6.45, 7) is 5.66. The predicted octanol–water partition coefficient (Wildman–Crippen LogP) is 2.19. The third kappa shape index (κ3) is 2.61. The Hall–Kier alpha value is -1.65. The highest BCUT2D eigenvalue weighted by Gasteiger charge is 2.54. The van der Waals surface area contributed by atoms with Crippen LogP contribution in [-0.4, -0.2) is 30.9 Å². The molecule has 21 heavy (non-hydrogen) atoms. The summed E-state index contributed by atoms with van der Waals surface area (Å²) >= 11 is 0. The summed E-state index contributed by atoms with van der Waals surface area (Å²) in [6, 6.07) is 0. The molecule has 1 unspecified atom stereocenters. The Bertz CT molecular complexity index is 485. The van der Waals surface area contributed by atoms with Crippen LogP contribution in [0.3, 0.4) is 0 Å². The zero-order valence-corrected chi connectivity index (χ0v) is 12.9. The quantitative estimate of drug-likeness (QED) is 0.587. The number of rotatable bonds is 4. The van der Waals surface area contributed by atoms with Crippen molar-refractivity contribution < 1.29 is 23.9 Å². The molecule has 1 atom stereocenters. The van der Waals surface area contributed by atoms with E-state index in [1.54, 1.807) is 20.8 Å². The summed E-state index contributed by atoms with van der Waals surface area (Å²) in [4.78, 5) is 36.6. The van der Waals surface area contributed by atoms with Crippen molar-refractivity contribution in [2.45, 2.75) is 46.5 Å². The van der Waals surface area contributed by atoms with E-state index in [0.29, 0.717) is 24.8 Å². The first-order chi connectivity index (χ1) is 9.96. The monoisotopic (exact) mass is 294 g/mol. The van der Waals surface area contributed by atoms with Crippen molar-refractivity contribution in [1.82, 2.24) is 0 Å². The molecule has 0 N–H and O–H groups in total. The molecule has 116 valence electrons. The Labute approximate surface area is 124 Å². The van der Waals surface area contributed by atoms with E-state index in [0.717, 1.165) is 5.57 Å². The second-order valence-corrected chi connectivity index (χ2v) is 5.71. The Balaban J connectivity index is 2.36.